The van der Waals surface area contributed by atoms with Crippen molar-refractivity contribution in [1.29, 1.82) is 0 Å². The zero-order valence-electron chi connectivity index (χ0n) is 15.2. The van der Waals surface area contributed by atoms with Gasteiger partial charge < -0.3 is 10.2 Å². The maximum atomic E-state index is 12.3. The van der Waals surface area contributed by atoms with Crippen molar-refractivity contribution in [3.8, 4) is 0 Å². The molecule has 0 spiro atoms. The fourth-order valence-electron chi connectivity index (χ4n) is 2.86. The lowest BCUT2D eigenvalue weighted by molar-refractivity contribution is -0.133. The summed E-state index contributed by atoms with van der Waals surface area (Å²) in [6.45, 7) is 10.0. The first-order chi connectivity index (χ1) is 11.4. The molecular formula is C18H29N3O2S. The first-order valence-electron chi connectivity index (χ1n) is 8.86. The van der Waals surface area contributed by atoms with Gasteiger partial charge in [0.2, 0.25) is 11.8 Å². The molecule has 0 unspecified atom stereocenters. The van der Waals surface area contributed by atoms with Crippen LogP contribution in [0, 0.1) is 11.8 Å². The van der Waals surface area contributed by atoms with Crippen LogP contribution in [0.3, 0.4) is 0 Å². The molecule has 1 aliphatic rings. The summed E-state index contributed by atoms with van der Waals surface area (Å²) in [4.78, 5) is 30.6. The summed E-state index contributed by atoms with van der Waals surface area (Å²) in [6.07, 6.45) is 2.74. The molecule has 2 amide bonds. The van der Waals surface area contributed by atoms with Gasteiger partial charge in [0.25, 0.3) is 0 Å². The highest BCUT2D eigenvalue weighted by molar-refractivity contribution is 7.09. The van der Waals surface area contributed by atoms with E-state index in [1.165, 1.54) is 0 Å². The molecule has 0 bridgehead atoms. The fraction of sp³-hybridized carbons (Fsp3) is 0.722. The Morgan fingerprint density at radius 1 is 1.38 bits per heavy atom. The Labute approximate surface area is 148 Å². The lowest BCUT2D eigenvalue weighted by Crippen LogP contribution is -2.39. The molecule has 134 valence electrons. The second-order valence-corrected chi connectivity index (χ2v) is 8.22. The predicted molar refractivity (Wildman–Crippen MR) is 96.8 cm³/mol. The van der Waals surface area contributed by atoms with Crippen LogP contribution in [0.2, 0.25) is 0 Å². The van der Waals surface area contributed by atoms with Crippen LogP contribution >= 0.6 is 11.3 Å². The van der Waals surface area contributed by atoms with Crippen LogP contribution in [0.15, 0.2) is 5.38 Å². The minimum atomic E-state index is -0.0121. The molecule has 6 heteroatoms. The van der Waals surface area contributed by atoms with Gasteiger partial charge in [-0.2, -0.15) is 0 Å². The number of thiazole rings is 1. The minimum Gasteiger partial charge on any atom is -0.350 e. The SMILES string of the molecule is CC(C)CC(=O)N1CCC[C@@H](c2nc(CNC(=O)C(C)C)cs2)C1. The van der Waals surface area contributed by atoms with Crippen LogP contribution < -0.4 is 5.32 Å². The molecule has 2 heterocycles. The van der Waals surface area contributed by atoms with Gasteiger partial charge in [0.05, 0.1) is 17.2 Å². The largest absolute Gasteiger partial charge is 0.350 e. The maximum absolute atomic E-state index is 12.3. The van der Waals surface area contributed by atoms with Crippen LogP contribution in [0.4, 0.5) is 0 Å². The molecule has 0 saturated carbocycles. The van der Waals surface area contributed by atoms with E-state index in [0.29, 0.717) is 24.8 Å². The highest BCUT2D eigenvalue weighted by Crippen LogP contribution is 2.29. The number of nitrogens with zero attached hydrogens (tertiary/aromatic N) is 2. The number of nitrogens with one attached hydrogen (secondary N) is 1. The summed E-state index contributed by atoms with van der Waals surface area (Å²) in [7, 11) is 0. The zero-order valence-corrected chi connectivity index (χ0v) is 16.0. The van der Waals surface area contributed by atoms with Crippen molar-refractivity contribution < 1.29 is 9.59 Å². The van der Waals surface area contributed by atoms with Crippen molar-refractivity contribution >= 4 is 23.2 Å². The lowest BCUT2D eigenvalue weighted by Gasteiger charge is -2.32. The molecule has 24 heavy (non-hydrogen) atoms. The van der Waals surface area contributed by atoms with Gasteiger partial charge in [-0.25, -0.2) is 4.98 Å². The Hall–Kier alpha value is -1.43. The van der Waals surface area contributed by atoms with Crippen molar-refractivity contribution in [2.24, 2.45) is 11.8 Å². The van der Waals surface area contributed by atoms with Gasteiger partial charge in [0.1, 0.15) is 0 Å². The topological polar surface area (TPSA) is 62.3 Å². The summed E-state index contributed by atoms with van der Waals surface area (Å²) in [5.74, 6) is 1.02. The van der Waals surface area contributed by atoms with Crippen LogP contribution in [0.25, 0.3) is 0 Å². The normalized spacial score (nSPS) is 18.2. The smallest absolute Gasteiger partial charge is 0.222 e. The van der Waals surface area contributed by atoms with Crippen molar-refractivity contribution in [1.82, 2.24) is 15.2 Å². The molecule has 1 atom stereocenters. The van der Waals surface area contributed by atoms with E-state index >= 15 is 0 Å². The van der Waals surface area contributed by atoms with Crippen molar-refractivity contribution in [2.75, 3.05) is 13.1 Å². The van der Waals surface area contributed by atoms with E-state index in [1.54, 1.807) is 11.3 Å². The molecule has 0 aliphatic carbocycles. The third-order valence-electron chi connectivity index (χ3n) is 4.24. The van der Waals surface area contributed by atoms with E-state index in [2.05, 4.69) is 24.1 Å². The number of piperidine rings is 1. The Morgan fingerprint density at radius 2 is 2.12 bits per heavy atom. The molecule has 1 aromatic heterocycles. The first kappa shape index (κ1) is 18.9. The van der Waals surface area contributed by atoms with E-state index in [4.69, 9.17) is 0 Å². The summed E-state index contributed by atoms with van der Waals surface area (Å²) in [5.41, 5.74) is 0.912. The van der Waals surface area contributed by atoms with E-state index in [0.717, 1.165) is 36.6 Å². The van der Waals surface area contributed by atoms with Gasteiger partial charge >= 0.3 is 0 Å². The summed E-state index contributed by atoms with van der Waals surface area (Å²) in [5, 5.41) is 6.01. The highest BCUT2D eigenvalue weighted by Gasteiger charge is 2.26. The van der Waals surface area contributed by atoms with Crippen LogP contribution in [0.5, 0.6) is 0 Å². The molecule has 1 fully saturated rings. The van der Waals surface area contributed by atoms with Crippen molar-refractivity contribution in [3.05, 3.63) is 16.1 Å². The fourth-order valence-corrected chi connectivity index (χ4v) is 3.80. The Balaban J connectivity index is 1.92. The van der Waals surface area contributed by atoms with Gasteiger partial charge in [-0.05, 0) is 18.8 Å². The predicted octanol–water partition coefficient (Wildman–Crippen LogP) is 3.17. The van der Waals surface area contributed by atoms with Crippen LogP contribution in [-0.4, -0.2) is 34.8 Å². The second-order valence-electron chi connectivity index (χ2n) is 7.33. The van der Waals surface area contributed by atoms with Gasteiger partial charge in [0.15, 0.2) is 0 Å². The number of hydrogen-bond acceptors (Lipinski definition) is 4. The van der Waals surface area contributed by atoms with Crippen LogP contribution in [-0.2, 0) is 16.1 Å². The average molecular weight is 352 g/mol. The number of hydrogen-bond donors (Lipinski definition) is 1. The number of carbonyl (C=O) groups is 2. The van der Waals surface area contributed by atoms with Crippen molar-refractivity contribution in [3.63, 3.8) is 0 Å². The first-order valence-corrected chi connectivity index (χ1v) is 9.74. The molecule has 1 N–H and O–H groups in total. The lowest BCUT2D eigenvalue weighted by atomic mass is 9.97. The molecule has 0 radical (unpaired) electrons. The zero-order chi connectivity index (χ0) is 17.7. The Bertz CT molecular complexity index is 568. The number of likely N-dealkylation sites (tertiary alicyclic amines) is 1. The Morgan fingerprint density at radius 3 is 2.79 bits per heavy atom. The maximum Gasteiger partial charge on any atom is 0.222 e. The van der Waals surface area contributed by atoms with Gasteiger partial charge in [0, 0.05) is 36.7 Å². The van der Waals surface area contributed by atoms with Gasteiger partial charge in [-0.3, -0.25) is 9.59 Å². The van der Waals surface area contributed by atoms with Gasteiger partial charge in [-0.1, -0.05) is 27.7 Å². The number of carbonyl (C=O) groups excluding carboxylic acids is 2. The summed E-state index contributed by atoms with van der Waals surface area (Å²) >= 11 is 1.64. The quantitative estimate of drug-likeness (QED) is 0.856. The monoisotopic (exact) mass is 351 g/mol. The highest BCUT2D eigenvalue weighted by atomic mass is 32.1. The molecule has 1 saturated heterocycles. The van der Waals surface area contributed by atoms with E-state index in [1.807, 2.05) is 24.1 Å². The molecule has 1 aliphatic heterocycles. The van der Waals surface area contributed by atoms with E-state index in [9.17, 15) is 9.59 Å². The average Bonchev–Trinajstić information content (AvgIpc) is 3.01. The third-order valence-corrected chi connectivity index (χ3v) is 5.30. The number of amides is 2. The summed E-state index contributed by atoms with van der Waals surface area (Å²) in [6, 6.07) is 0. The van der Waals surface area contributed by atoms with Crippen molar-refractivity contribution in [2.45, 2.75) is 59.4 Å². The standard InChI is InChI=1S/C18H29N3O2S/c1-12(2)8-16(22)21-7-5-6-14(10-21)18-20-15(11-24-18)9-19-17(23)13(3)4/h11-14H,5-10H2,1-4H3,(H,19,23)/t14-/m1/s1. The Kier molecular flexibility index (Phi) is 6.78. The van der Waals surface area contributed by atoms with Crippen LogP contribution in [0.1, 0.15) is 63.6 Å². The molecule has 2 rings (SSSR count). The molecule has 5 nitrogen and oxygen atoms in total. The molecule has 1 aromatic rings. The minimum absolute atomic E-state index is 0.0121. The van der Waals surface area contributed by atoms with E-state index in [-0.39, 0.29) is 17.7 Å². The van der Waals surface area contributed by atoms with E-state index < -0.39 is 0 Å². The summed E-state index contributed by atoms with van der Waals surface area (Å²) < 4.78 is 0. The molecular weight excluding hydrogens is 322 g/mol. The van der Waals surface area contributed by atoms with Gasteiger partial charge in [-0.15, -0.1) is 11.3 Å². The third kappa shape index (κ3) is 5.30. The number of aromatic nitrogens is 1. The second kappa shape index (κ2) is 8.60. The number of rotatable bonds is 6. The molecule has 0 aromatic carbocycles.